The number of benzene rings is 1. The minimum absolute atomic E-state index is 0.364. The molecule has 0 amide bonds. The molecule has 96 valence electrons. The van der Waals surface area contributed by atoms with Crippen molar-refractivity contribution in [3.05, 3.63) is 53.5 Å². The van der Waals surface area contributed by atoms with Gasteiger partial charge in [-0.25, -0.2) is 9.97 Å². The molecule has 0 aliphatic rings. The van der Waals surface area contributed by atoms with Crippen molar-refractivity contribution in [2.24, 2.45) is 0 Å². The molecule has 3 aromatic rings. The van der Waals surface area contributed by atoms with Crippen LogP contribution in [0.2, 0.25) is 0 Å². The van der Waals surface area contributed by atoms with Crippen LogP contribution in [0.4, 0.5) is 0 Å². The van der Waals surface area contributed by atoms with Crippen LogP contribution in [0.15, 0.2) is 36.5 Å². The number of hydrogen-bond acceptors (Lipinski definition) is 2. The molecule has 1 aromatic carbocycles. The normalized spacial score (nSPS) is 11.1. The molecule has 3 rings (SSSR count). The summed E-state index contributed by atoms with van der Waals surface area (Å²) in [5.41, 5.74) is 5.29. The maximum atomic E-state index is 6.01. The number of nitrogens with zero attached hydrogens (tertiary/aromatic N) is 3. The van der Waals surface area contributed by atoms with Gasteiger partial charge >= 0.3 is 0 Å². The Morgan fingerprint density at radius 3 is 2.74 bits per heavy atom. The van der Waals surface area contributed by atoms with Gasteiger partial charge < -0.3 is 0 Å². The van der Waals surface area contributed by atoms with Gasteiger partial charge in [0.2, 0.25) is 0 Å². The molecule has 0 N–H and O–H groups in total. The van der Waals surface area contributed by atoms with E-state index in [0.29, 0.717) is 5.88 Å². The van der Waals surface area contributed by atoms with E-state index in [1.165, 1.54) is 11.1 Å². The van der Waals surface area contributed by atoms with Crippen molar-refractivity contribution in [2.75, 3.05) is 0 Å². The largest absolute Gasteiger partial charge is 0.280 e. The number of aryl methyl sites for hydroxylation is 2. The van der Waals surface area contributed by atoms with Crippen molar-refractivity contribution < 1.29 is 0 Å². The number of imidazole rings is 1. The minimum Gasteiger partial charge on any atom is -0.280 e. The summed E-state index contributed by atoms with van der Waals surface area (Å²) < 4.78 is 2.02. The van der Waals surface area contributed by atoms with Gasteiger partial charge in [0, 0.05) is 11.9 Å². The van der Waals surface area contributed by atoms with Gasteiger partial charge in [-0.15, -0.1) is 11.6 Å². The second kappa shape index (κ2) is 4.67. The number of aromatic nitrogens is 3. The number of hydrogen-bond donors (Lipinski definition) is 0. The molecule has 0 bridgehead atoms. The van der Waals surface area contributed by atoms with Crippen LogP contribution >= 0.6 is 11.6 Å². The first-order valence-electron chi connectivity index (χ1n) is 6.16. The SMILES string of the molecule is Cc1ccc(-n2c(CCl)nc3cccnc32)cc1C. The molecular weight excluding hydrogens is 258 g/mol. The maximum Gasteiger partial charge on any atom is 0.164 e. The molecule has 0 unspecified atom stereocenters. The molecule has 4 heteroatoms. The fourth-order valence-corrected chi connectivity index (χ4v) is 2.36. The van der Waals surface area contributed by atoms with Gasteiger partial charge in [-0.3, -0.25) is 4.57 Å². The lowest BCUT2D eigenvalue weighted by Crippen LogP contribution is -2.01. The third-order valence-electron chi connectivity index (χ3n) is 3.35. The van der Waals surface area contributed by atoms with Crippen LogP contribution in [0.5, 0.6) is 0 Å². The molecule has 2 heterocycles. The molecule has 2 aromatic heterocycles. The summed E-state index contributed by atoms with van der Waals surface area (Å²) in [6.07, 6.45) is 1.78. The standard InChI is InChI=1S/C15H14ClN3/c1-10-5-6-12(8-11(10)2)19-14(9-16)18-13-4-3-7-17-15(13)19/h3-8H,9H2,1-2H3. The molecule has 0 spiro atoms. The molecule has 0 radical (unpaired) electrons. The highest BCUT2D eigenvalue weighted by atomic mass is 35.5. The number of halogens is 1. The van der Waals surface area contributed by atoms with Gasteiger partial charge in [0.05, 0.1) is 5.88 Å². The van der Waals surface area contributed by atoms with Gasteiger partial charge in [-0.1, -0.05) is 6.07 Å². The average Bonchev–Trinajstić information content (AvgIpc) is 2.80. The summed E-state index contributed by atoms with van der Waals surface area (Å²) in [7, 11) is 0. The van der Waals surface area contributed by atoms with E-state index in [4.69, 9.17) is 11.6 Å². The lowest BCUT2D eigenvalue weighted by Gasteiger charge is -2.09. The van der Waals surface area contributed by atoms with E-state index in [9.17, 15) is 0 Å². The maximum absolute atomic E-state index is 6.01. The average molecular weight is 272 g/mol. The molecule has 0 aliphatic carbocycles. The van der Waals surface area contributed by atoms with Crippen molar-refractivity contribution in [2.45, 2.75) is 19.7 Å². The number of rotatable bonds is 2. The summed E-state index contributed by atoms with van der Waals surface area (Å²) in [4.78, 5) is 8.95. The van der Waals surface area contributed by atoms with Gasteiger partial charge in [0.15, 0.2) is 5.65 Å². The van der Waals surface area contributed by atoms with Gasteiger partial charge in [0.1, 0.15) is 11.3 Å². The predicted octanol–water partition coefficient (Wildman–Crippen LogP) is 3.78. The van der Waals surface area contributed by atoms with E-state index >= 15 is 0 Å². The molecule has 3 nitrogen and oxygen atoms in total. The Balaban J connectivity index is 2.31. The number of pyridine rings is 1. The second-order valence-corrected chi connectivity index (χ2v) is 4.88. The molecule has 0 atom stereocenters. The first kappa shape index (κ1) is 12.2. The zero-order valence-corrected chi connectivity index (χ0v) is 11.6. The third kappa shape index (κ3) is 2.00. The van der Waals surface area contributed by atoms with E-state index in [1.807, 2.05) is 16.7 Å². The molecule has 0 aliphatic heterocycles. The van der Waals surface area contributed by atoms with E-state index in [0.717, 1.165) is 22.7 Å². The second-order valence-electron chi connectivity index (χ2n) is 4.61. The quantitative estimate of drug-likeness (QED) is 0.664. The van der Waals surface area contributed by atoms with Crippen LogP contribution in [0.1, 0.15) is 17.0 Å². The van der Waals surface area contributed by atoms with E-state index in [-0.39, 0.29) is 0 Å². The molecule has 19 heavy (non-hydrogen) atoms. The molecule has 0 fully saturated rings. The number of fused-ring (bicyclic) bond motifs is 1. The van der Waals surface area contributed by atoms with Crippen molar-refractivity contribution in [1.82, 2.24) is 14.5 Å². The van der Waals surface area contributed by atoms with Crippen LogP contribution in [0, 0.1) is 13.8 Å². The zero-order valence-electron chi connectivity index (χ0n) is 10.9. The Kier molecular flexibility index (Phi) is 2.99. The van der Waals surface area contributed by atoms with Crippen LogP contribution in [0.25, 0.3) is 16.9 Å². The van der Waals surface area contributed by atoms with Crippen LogP contribution in [0.3, 0.4) is 0 Å². The van der Waals surface area contributed by atoms with Crippen LogP contribution in [-0.4, -0.2) is 14.5 Å². The van der Waals surface area contributed by atoms with Gasteiger partial charge in [0.25, 0.3) is 0 Å². The molecular formula is C15H14ClN3. The Labute approximate surface area is 116 Å². The van der Waals surface area contributed by atoms with Crippen molar-refractivity contribution in [3.8, 4) is 5.69 Å². The van der Waals surface area contributed by atoms with E-state index in [2.05, 4.69) is 42.0 Å². The third-order valence-corrected chi connectivity index (χ3v) is 3.59. The lowest BCUT2D eigenvalue weighted by atomic mass is 10.1. The number of alkyl halides is 1. The lowest BCUT2D eigenvalue weighted by molar-refractivity contribution is 0.966. The zero-order chi connectivity index (χ0) is 13.4. The van der Waals surface area contributed by atoms with Gasteiger partial charge in [-0.2, -0.15) is 0 Å². The monoisotopic (exact) mass is 271 g/mol. The summed E-state index contributed by atoms with van der Waals surface area (Å²) in [6, 6.07) is 10.2. The summed E-state index contributed by atoms with van der Waals surface area (Å²) >= 11 is 6.01. The first-order chi connectivity index (χ1) is 9.20. The van der Waals surface area contributed by atoms with Crippen molar-refractivity contribution in [3.63, 3.8) is 0 Å². The predicted molar refractivity (Wildman–Crippen MR) is 77.9 cm³/mol. The molecule has 0 saturated carbocycles. The van der Waals surface area contributed by atoms with Crippen molar-refractivity contribution in [1.29, 1.82) is 0 Å². The Bertz CT molecular complexity index is 746. The highest BCUT2D eigenvalue weighted by molar-refractivity contribution is 6.16. The Hall–Kier alpha value is -1.87. The van der Waals surface area contributed by atoms with Crippen LogP contribution in [-0.2, 0) is 5.88 Å². The fraction of sp³-hybridized carbons (Fsp3) is 0.200. The Morgan fingerprint density at radius 2 is 2.00 bits per heavy atom. The smallest absolute Gasteiger partial charge is 0.164 e. The van der Waals surface area contributed by atoms with E-state index in [1.54, 1.807) is 6.20 Å². The highest BCUT2D eigenvalue weighted by Gasteiger charge is 2.12. The van der Waals surface area contributed by atoms with Crippen molar-refractivity contribution >= 4 is 22.8 Å². The Morgan fingerprint density at radius 1 is 1.16 bits per heavy atom. The topological polar surface area (TPSA) is 30.7 Å². The van der Waals surface area contributed by atoms with E-state index < -0.39 is 0 Å². The summed E-state index contributed by atoms with van der Waals surface area (Å²) in [5, 5.41) is 0. The first-order valence-corrected chi connectivity index (χ1v) is 6.70. The fourth-order valence-electron chi connectivity index (χ4n) is 2.18. The summed E-state index contributed by atoms with van der Waals surface area (Å²) in [5.74, 6) is 1.18. The molecule has 0 saturated heterocycles. The van der Waals surface area contributed by atoms with Crippen LogP contribution < -0.4 is 0 Å². The summed E-state index contributed by atoms with van der Waals surface area (Å²) in [6.45, 7) is 4.21. The highest BCUT2D eigenvalue weighted by Crippen LogP contribution is 2.22. The van der Waals surface area contributed by atoms with Gasteiger partial charge in [-0.05, 0) is 49.2 Å². The minimum atomic E-state index is 0.364.